The molecule has 0 aromatic heterocycles. The minimum atomic E-state index is 0.263. The molecule has 0 aromatic rings. The Balaban J connectivity index is 4.98. The maximum Gasteiger partial charge on any atom is -0.00786 e. The van der Waals surface area contributed by atoms with E-state index >= 15 is 0 Å². The van der Waals surface area contributed by atoms with E-state index in [0.29, 0.717) is 0 Å². The molecule has 0 amide bonds. The molecule has 1 atom stereocenters. The van der Waals surface area contributed by atoms with Gasteiger partial charge in [-0.1, -0.05) is 58.4 Å². The quantitative estimate of drug-likeness (QED) is 0.331. The number of rotatable bonds is 9. The summed E-state index contributed by atoms with van der Waals surface area (Å²) in [6.07, 6.45) is 15.0. The number of allylic oxidation sites excluding steroid dienone is 5. The van der Waals surface area contributed by atoms with Crippen molar-refractivity contribution in [3.63, 3.8) is 0 Å². The van der Waals surface area contributed by atoms with Crippen LogP contribution in [0.3, 0.4) is 0 Å². The van der Waals surface area contributed by atoms with Crippen LogP contribution in [0.5, 0.6) is 0 Å². The molecule has 0 nitrogen and oxygen atoms in total. The third kappa shape index (κ3) is 5.25. The van der Waals surface area contributed by atoms with Gasteiger partial charge in [-0.05, 0) is 49.5 Å². The second kappa shape index (κ2) is 9.19. The van der Waals surface area contributed by atoms with Crippen LogP contribution in [-0.4, -0.2) is 0 Å². The van der Waals surface area contributed by atoms with Crippen LogP contribution in [0.25, 0.3) is 0 Å². The highest BCUT2D eigenvalue weighted by molar-refractivity contribution is 5.26. The maximum absolute atomic E-state index is 3.86. The lowest BCUT2D eigenvalue weighted by Crippen LogP contribution is -2.26. The van der Waals surface area contributed by atoms with Gasteiger partial charge in [0.05, 0.1) is 0 Å². The molecule has 0 aromatic carbocycles. The normalized spacial score (nSPS) is 15.1. The van der Waals surface area contributed by atoms with E-state index in [-0.39, 0.29) is 5.41 Å². The van der Waals surface area contributed by atoms with E-state index in [1.165, 1.54) is 24.8 Å². The molecule has 0 N–H and O–H groups in total. The van der Waals surface area contributed by atoms with Crippen LogP contribution >= 0.6 is 0 Å². The number of hydrogen-bond donors (Lipinski definition) is 0. The first kappa shape index (κ1) is 17.2. The Kier molecular flexibility index (Phi) is 8.79. The van der Waals surface area contributed by atoms with Crippen LogP contribution in [-0.2, 0) is 0 Å². The first-order chi connectivity index (χ1) is 8.54. The summed E-state index contributed by atoms with van der Waals surface area (Å²) in [7, 11) is 0. The lowest BCUT2D eigenvalue weighted by molar-refractivity contribution is 0.237. The van der Waals surface area contributed by atoms with Gasteiger partial charge in [0.25, 0.3) is 0 Å². The number of hydrogen-bond acceptors (Lipinski definition) is 0. The van der Waals surface area contributed by atoms with Crippen LogP contribution in [0.2, 0.25) is 0 Å². The van der Waals surface area contributed by atoms with Gasteiger partial charge in [0.15, 0.2) is 0 Å². The molecule has 0 radical (unpaired) electrons. The van der Waals surface area contributed by atoms with Gasteiger partial charge >= 0.3 is 0 Å². The summed E-state index contributed by atoms with van der Waals surface area (Å²) in [4.78, 5) is 0. The molecule has 104 valence electrons. The molecule has 0 rings (SSSR count). The molecular weight excluding hydrogens is 216 g/mol. The topological polar surface area (TPSA) is 0 Å². The van der Waals surface area contributed by atoms with Crippen molar-refractivity contribution >= 4 is 0 Å². The molecule has 0 heteroatoms. The van der Waals surface area contributed by atoms with Gasteiger partial charge in [0.2, 0.25) is 0 Å². The van der Waals surface area contributed by atoms with Crippen LogP contribution in [0.4, 0.5) is 0 Å². The van der Waals surface area contributed by atoms with Gasteiger partial charge in [0.1, 0.15) is 0 Å². The van der Waals surface area contributed by atoms with E-state index in [2.05, 4.69) is 65.5 Å². The van der Waals surface area contributed by atoms with Crippen molar-refractivity contribution in [2.45, 2.75) is 66.7 Å². The largest absolute Gasteiger partial charge is 0.103 e. The Labute approximate surface area is 115 Å². The zero-order valence-corrected chi connectivity index (χ0v) is 13.1. The van der Waals surface area contributed by atoms with E-state index in [9.17, 15) is 0 Å². The highest BCUT2D eigenvalue weighted by Crippen LogP contribution is 2.41. The molecule has 0 bridgehead atoms. The highest BCUT2D eigenvalue weighted by atomic mass is 14.3. The molecule has 0 spiro atoms. The lowest BCUT2D eigenvalue weighted by Gasteiger charge is -2.36. The fourth-order valence-electron chi connectivity index (χ4n) is 2.70. The molecule has 0 aliphatic carbocycles. The first-order valence-electron chi connectivity index (χ1n) is 7.48. The molecule has 0 heterocycles. The minimum absolute atomic E-state index is 0.263. The Morgan fingerprint density at radius 2 is 1.89 bits per heavy atom. The first-order valence-corrected chi connectivity index (χ1v) is 7.48. The summed E-state index contributed by atoms with van der Waals surface area (Å²) in [5.41, 5.74) is 1.74. The molecule has 18 heavy (non-hydrogen) atoms. The summed E-state index contributed by atoms with van der Waals surface area (Å²) in [6, 6.07) is 0. The van der Waals surface area contributed by atoms with E-state index in [1.807, 2.05) is 0 Å². The third-order valence-corrected chi connectivity index (χ3v) is 3.97. The van der Waals surface area contributed by atoms with Gasteiger partial charge in [-0.2, -0.15) is 0 Å². The van der Waals surface area contributed by atoms with Crippen LogP contribution in [0.15, 0.2) is 36.5 Å². The van der Waals surface area contributed by atoms with Crippen molar-refractivity contribution in [3.05, 3.63) is 36.5 Å². The summed E-state index contributed by atoms with van der Waals surface area (Å²) in [5.74, 6) is 0.744. The van der Waals surface area contributed by atoms with Crippen LogP contribution in [0, 0.1) is 11.3 Å². The minimum Gasteiger partial charge on any atom is -0.103 e. The zero-order chi connectivity index (χ0) is 14.0. The summed E-state index contributed by atoms with van der Waals surface area (Å²) in [5, 5.41) is 0. The predicted octanol–water partition coefficient (Wildman–Crippen LogP) is 6.31. The van der Waals surface area contributed by atoms with Crippen molar-refractivity contribution in [2.24, 2.45) is 11.3 Å². The smallest absolute Gasteiger partial charge is 0.00786 e. The summed E-state index contributed by atoms with van der Waals surface area (Å²) in [6.45, 7) is 15.3. The van der Waals surface area contributed by atoms with Crippen molar-refractivity contribution < 1.29 is 0 Å². The Morgan fingerprint density at radius 3 is 2.33 bits per heavy atom. The van der Waals surface area contributed by atoms with Gasteiger partial charge in [-0.25, -0.2) is 0 Å². The Morgan fingerprint density at radius 1 is 1.22 bits per heavy atom. The second-order valence-corrected chi connectivity index (χ2v) is 5.63. The predicted molar refractivity (Wildman–Crippen MR) is 84.8 cm³/mol. The van der Waals surface area contributed by atoms with Gasteiger partial charge < -0.3 is 0 Å². The maximum atomic E-state index is 3.86. The molecule has 0 aliphatic heterocycles. The van der Waals surface area contributed by atoms with E-state index < -0.39 is 0 Å². The molecule has 0 saturated heterocycles. The molecular formula is C18H32. The van der Waals surface area contributed by atoms with E-state index in [1.54, 1.807) is 0 Å². The lowest BCUT2D eigenvalue weighted by atomic mass is 9.69. The van der Waals surface area contributed by atoms with Crippen LogP contribution < -0.4 is 0 Å². The van der Waals surface area contributed by atoms with Crippen molar-refractivity contribution in [1.82, 2.24) is 0 Å². The standard InChI is InChI=1S/C18H32/c1-7-11-14-16(10-4)18(5,6)17(13-9-3)15-12-8-2/h8,10-11,14,17H,2,7,9,12-13,15H2,1,3-6H3/b14-11-,16-10+. The van der Waals surface area contributed by atoms with Crippen LogP contribution in [0.1, 0.15) is 66.7 Å². The third-order valence-electron chi connectivity index (χ3n) is 3.97. The van der Waals surface area contributed by atoms with Gasteiger partial charge in [0, 0.05) is 0 Å². The van der Waals surface area contributed by atoms with Gasteiger partial charge in [-0.15, -0.1) is 6.58 Å². The Bertz CT molecular complexity index is 278. The fraction of sp³-hybridized carbons (Fsp3) is 0.667. The van der Waals surface area contributed by atoms with E-state index in [0.717, 1.165) is 18.8 Å². The van der Waals surface area contributed by atoms with Crippen molar-refractivity contribution in [1.29, 1.82) is 0 Å². The molecule has 0 aliphatic rings. The molecule has 1 unspecified atom stereocenters. The van der Waals surface area contributed by atoms with E-state index in [4.69, 9.17) is 0 Å². The summed E-state index contributed by atoms with van der Waals surface area (Å²) >= 11 is 0. The fourth-order valence-corrected chi connectivity index (χ4v) is 2.70. The average Bonchev–Trinajstić information content (AvgIpc) is 2.35. The SMILES string of the molecule is C=CCCC(CCC)C(C)(C)C(/C=C\CC)=C/C. The highest BCUT2D eigenvalue weighted by Gasteiger charge is 2.30. The average molecular weight is 248 g/mol. The zero-order valence-electron chi connectivity index (χ0n) is 13.1. The monoisotopic (exact) mass is 248 g/mol. The second-order valence-electron chi connectivity index (χ2n) is 5.63. The van der Waals surface area contributed by atoms with Crippen molar-refractivity contribution in [3.8, 4) is 0 Å². The molecule has 0 fully saturated rings. The van der Waals surface area contributed by atoms with Crippen molar-refractivity contribution in [2.75, 3.05) is 0 Å². The van der Waals surface area contributed by atoms with Gasteiger partial charge in [-0.3, -0.25) is 0 Å². The Hall–Kier alpha value is -0.780. The summed E-state index contributed by atoms with van der Waals surface area (Å²) < 4.78 is 0. The molecule has 0 saturated carbocycles.